The van der Waals surface area contributed by atoms with Crippen molar-refractivity contribution in [3.63, 3.8) is 0 Å². The lowest BCUT2D eigenvalue weighted by Gasteiger charge is -1.96. The Bertz CT molecular complexity index is 162. The van der Waals surface area contributed by atoms with Gasteiger partial charge in [0.15, 0.2) is 0 Å². The molecule has 0 radical (unpaired) electrons. The van der Waals surface area contributed by atoms with Crippen molar-refractivity contribution in [1.82, 2.24) is 0 Å². The van der Waals surface area contributed by atoms with Gasteiger partial charge in [0.1, 0.15) is 0 Å². The zero-order chi connectivity index (χ0) is 10.6. The van der Waals surface area contributed by atoms with Crippen molar-refractivity contribution in [2.45, 2.75) is 52.4 Å². The van der Waals surface area contributed by atoms with Crippen LogP contribution in [0.15, 0.2) is 12.2 Å². The first-order valence-corrected chi connectivity index (χ1v) is 5.64. The van der Waals surface area contributed by atoms with Gasteiger partial charge in [0, 0.05) is 6.08 Å². The maximum atomic E-state index is 10.9. The summed E-state index contributed by atoms with van der Waals surface area (Å²) in [5.74, 6) is -0.221. The smallest absolute Gasteiger partial charge is 0.330 e. The zero-order valence-electron chi connectivity index (χ0n) is 9.42. The van der Waals surface area contributed by atoms with Crippen LogP contribution in [0.2, 0.25) is 0 Å². The summed E-state index contributed by atoms with van der Waals surface area (Å²) >= 11 is 0. The number of esters is 1. The Morgan fingerprint density at radius 2 is 1.86 bits per heavy atom. The van der Waals surface area contributed by atoms with Crippen molar-refractivity contribution in [1.29, 1.82) is 0 Å². The normalized spacial score (nSPS) is 10.7. The van der Waals surface area contributed by atoms with E-state index in [0.29, 0.717) is 6.61 Å². The highest BCUT2D eigenvalue weighted by atomic mass is 16.5. The van der Waals surface area contributed by atoms with Crippen molar-refractivity contribution in [2.24, 2.45) is 0 Å². The number of carbonyl (C=O) groups is 1. The number of allylic oxidation sites excluding steroid dienone is 1. The van der Waals surface area contributed by atoms with E-state index >= 15 is 0 Å². The molecule has 0 aromatic heterocycles. The van der Waals surface area contributed by atoms with Crippen LogP contribution in [0.1, 0.15) is 52.4 Å². The molecule has 0 rings (SSSR count). The lowest BCUT2D eigenvalue weighted by Crippen LogP contribution is -1.98. The van der Waals surface area contributed by atoms with Crippen LogP contribution in [0.3, 0.4) is 0 Å². The minimum Gasteiger partial charge on any atom is -0.463 e. The van der Waals surface area contributed by atoms with Gasteiger partial charge in [-0.05, 0) is 19.8 Å². The van der Waals surface area contributed by atoms with Crippen LogP contribution in [0.4, 0.5) is 0 Å². The molecule has 0 heterocycles. The van der Waals surface area contributed by atoms with Gasteiger partial charge in [-0.15, -0.1) is 0 Å². The second-order valence-corrected chi connectivity index (χ2v) is 3.36. The fraction of sp³-hybridized carbons (Fsp3) is 0.750. The summed E-state index contributed by atoms with van der Waals surface area (Å²) < 4.78 is 4.76. The van der Waals surface area contributed by atoms with Crippen LogP contribution in [0, 0.1) is 0 Å². The van der Waals surface area contributed by atoms with E-state index in [1.54, 1.807) is 0 Å². The third-order valence-electron chi connectivity index (χ3n) is 2.01. The number of carbonyl (C=O) groups excluding carboxylic acids is 1. The Morgan fingerprint density at radius 1 is 1.14 bits per heavy atom. The molecule has 0 aliphatic rings. The monoisotopic (exact) mass is 198 g/mol. The Kier molecular flexibility index (Phi) is 9.71. The molecule has 0 aliphatic heterocycles. The van der Waals surface area contributed by atoms with Gasteiger partial charge in [0.2, 0.25) is 0 Å². The molecule has 0 amide bonds. The first-order chi connectivity index (χ1) is 6.81. The minimum absolute atomic E-state index is 0.221. The molecule has 82 valence electrons. The van der Waals surface area contributed by atoms with E-state index in [9.17, 15) is 4.79 Å². The number of unbranched alkanes of at least 4 members (excludes halogenated alkanes) is 5. The summed E-state index contributed by atoms with van der Waals surface area (Å²) in [6, 6.07) is 0. The highest BCUT2D eigenvalue weighted by molar-refractivity contribution is 5.81. The maximum Gasteiger partial charge on any atom is 0.330 e. The molecule has 0 fully saturated rings. The van der Waals surface area contributed by atoms with Gasteiger partial charge in [0.25, 0.3) is 0 Å². The van der Waals surface area contributed by atoms with E-state index in [1.165, 1.54) is 38.2 Å². The number of ether oxygens (including phenoxy) is 1. The van der Waals surface area contributed by atoms with E-state index in [4.69, 9.17) is 4.74 Å². The molecule has 0 N–H and O–H groups in total. The molecular formula is C12H22O2. The minimum atomic E-state index is -0.221. The quantitative estimate of drug-likeness (QED) is 0.339. The number of hydrogen-bond acceptors (Lipinski definition) is 2. The van der Waals surface area contributed by atoms with Crippen LogP contribution >= 0.6 is 0 Å². The molecule has 14 heavy (non-hydrogen) atoms. The first kappa shape index (κ1) is 13.2. The predicted octanol–water partition coefficient (Wildman–Crippen LogP) is 3.47. The Hall–Kier alpha value is -0.790. The van der Waals surface area contributed by atoms with Gasteiger partial charge in [-0.1, -0.05) is 38.7 Å². The van der Waals surface area contributed by atoms with Gasteiger partial charge in [-0.3, -0.25) is 0 Å². The van der Waals surface area contributed by atoms with Crippen molar-refractivity contribution in [3.8, 4) is 0 Å². The molecule has 0 aromatic carbocycles. The lowest BCUT2D eigenvalue weighted by molar-refractivity contribution is -0.137. The first-order valence-electron chi connectivity index (χ1n) is 5.64. The van der Waals surface area contributed by atoms with E-state index in [0.717, 1.165) is 6.42 Å². The largest absolute Gasteiger partial charge is 0.463 e. The van der Waals surface area contributed by atoms with E-state index in [-0.39, 0.29) is 5.97 Å². The van der Waals surface area contributed by atoms with Crippen molar-refractivity contribution in [3.05, 3.63) is 12.2 Å². The van der Waals surface area contributed by atoms with Gasteiger partial charge in [0.05, 0.1) is 6.61 Å². The molecule has 0 aliphatic carbocycles. The Morgan fingerprint density at radius 3 is 2.50 bits per heavy atom. The number of rotatable bonds is 8. The zero-order valence-corrected chi connectivity index (χ0v) is 9.42. The molecule has 0 saturated carbocycles. The number of hydrogen-bond donors (Lipinski definition) is 0. The molecule has 0 atom stereocenters. The van der Waals surface area contributed by atoms with Crippen LogP contribution < -0.4 is 0 Å². The Balaban J connectivity index is 3.22. The van der Waals surface area contributed by atoms with Gasteiger partial charge >= 0.3 is 5.97 Å². The van der Waals surface area contributed by atoms with Gasteiger partial charge in [-0.25, -0.2) is 4.79 Å². The Labute approximate surface area is 87.3 Å². The predicted molar refractivity (Wildman–Crippen MR) is 59.1 cm³/mol. The second-order valence-electron chi connectivity index (χ2n) is 3.36. The van der Waals surface area contributed by atoms with Crippen LogP contribution in [-0.4, -0.2) is 12.6 Å². The summed E-state index contributed by atoms with van der Waals surface area (Å²) in [5.41, 5.74) is 0. The SMILES string of the molecule is CCCCCCCC=CC(=O)OCC. The molecule has 0 aromatic rings. The van der Waals surface area contributed by atoms with Crippen molar-refractivity contribution >= 4 is 5.97 Å². The summed E-state index contributed by atoms with van der Waals surface area (Å²) in [7, 11) is 0. The average Bonchev–Trinajstić information content (AvgIpc) is 2.17. The fourth-order valence-electron chi connectivity index (χ4n) is 1.24. The molecule has 0 bridgehead atoms. The van der Waals surface area contributed by atoms with Crippen LogP contribution in [-0.2, 0) is 9.53 Å². The van der Waals surface area contributed by atoms with Crippen LogP contribution in [0.5, 0.6) is 0 Å². The average molecular weight is 198 g/mol. The van der Waals surface area contributed by atoms with Crippen LogP contribution in [0.25, 0.3) is 0 Å². The lowest BCUT2D eigenvalue weighted by atomic mass is 10.1. The highest BCUT2D eigenvalue weighted by Crippen LogP contribution is 2.05. The van der Waals surface area contributed by atoms with Gasteiger partial charge < -0.3 is 4.74 Å². The van der Waals surface area contributed by atoms with E-state index in [1.807, 2.05) is 13.0 Å². The van der Waals surface area contributed by atoms with Gasteiger partial charge in [-0.2, -0.15) is 0 Å². The summed E-state index contributed by atoms with van der Waals surface area (Å²) in [6.45, 7) is 4.48. The highest BCUT2D eigenvalue weighted by Gasteiger charge is 1.92. The van der Waals surface area contributed by atoms with E-state index in [2.05, 4.69) is 6.92 Å². The molecule has 2 heteroatoms. The molecule has 0 saturated heterocycles. The standard InChI is InChI=1S/C12H22O2/c1-3-5-6-7-8-9-10-11-12(13)14-4-2/h10-11H,3-9H2,1-2H3. The molecule has 2 nitrogen and oxygen atoms in total. The van der Waals surface area contributed by atoms with Crippen molar-refractivity contribution in [2.75, 3.05) is 6.61 Å². The molecule has 0 unspecified atom stereocenters. The maximum absolute atomic E-state index is 10.9. The fourth-order valence-corrected chi connectivity index (χ4v) is 1.24. The topological polar surface area (TPSA) is 26.3 Å². The summed E-state index contributed by atoms with van der Waals surface area (Å²) in [6.07, 6.45) is 10.8. The second kappa shape index (κ2) is 10.3. The molecule has 0 spiro atoms. The summed E-state index contributed by atoms with van der Waals surface area (Å²) in [4.78, 5) is 10.9. The third kappa shape index (κ3) is 9.30. The van der Waals surface area contributed by atoms with Crippen molar-refractivity contribution < 1.29 is 9.53 Å². The summed E-state index contributed by atoms with van der Waals surface area (Å²) in [5, 5.41) is 0. The molecular weight excluding hydrogens is 176 g/mol. The van der Waals surface area contributed by atoms with E-state index < -0.39 is 0 Å². The third-order valence-corrected chi connectivity index (χ3v) is 2.01.